The van der Waals surface area contributed by atoms with Gasteiger partial charge in [0.25, 0.3) is 0 Å². The van der Waals surface area contributed by atoms with E-state index in [2.05, 4.69) is 20.5 Å². The number of aromatic nitrogens is 2. The number of aryl methyl sites for hydroxylation is 1. The number of thiophene rings is 1. The second kappa shape index (κ2) is 14.1. The van der Waals surface area contributed by atoms with Crippen LogP contribution in [-0.4, -0.2) is 70.3 Å². The lowest BCUT2D eigenvalue weighted by molar-refractivity contribution is -0.154. The van der Waals surface area contributed by atoms with Crippen LogP contribution in [-0.2, 0) is 20.7 Å². The monoisotopic (exact) mass is 640 g/mol. The number of halogens is 1. The first-order valence-corrected chi connectivity index (χ1v) is 16.1. The molecule has 0 bridgehead atoms. The topological polar surface area (TPSA) is 143 Å². The molecular formula is C31H38BClN4O6S. The van der Waals surface area contributed by atoms with E-state index in [1.165, 1.54) is 29.4 Å². The van der Waals surface area contributed by atoms with Crippen molar-refractivity contribution in [1.29, 1.82) is 0 Å². The largest absolute Gasteiger partial charge is 0.461 e. The summed E-state index contributed by atoms with van der Waals surface area (Å²) in [6.07, 6.45) is 3.80. The number of aliphatic hydroxyl groups is 1. The standard InChI is InChI=1S/C31H38BClN4O6S/c1-16(2)27(37-32(4)41)31(40)43-25-11-21(9-19(25)14-38)36-30-24(13-34-15-35-30)28(39)26-12-22(17(3)44-26)29-23-10-20(33)6-5-18(23)7-8-42-29/h5-6,10,12-13,15-16,19,21,25,27,29,37-38,41H,7-9,11,14H2,1-4H3,(H,34,35,36)/t19-,21-,25+,27+,29+/m1/s1. The van der Waals surface area contributed by atoms with Crippen LogP contribution in [0.25, 0.3) is 0 Å². The fourth-order valence-corrected chi connectivity index (χ4v) is 7.22. The maximum atomic E-state index is 13.8. The minimum absolute atomic E-state index is 0.104. The highest BCUT2D eigenvalue weighted by Gasteiger charge is 2.39. The molecule has 234 valence electrons. The third kappa shape index (κ3) is 7.16. The van der Waals surface area contributed by atoms with Crippen LogP contribution in [0.3, 0.4) is 0 Å². The lowest BCUT2D eigenvalue weighted by atomic mass is 9.85. The molecule has 1 aliphatic carbocycles. The molecule has 1 aliphatic heterocycles. The summed E-state index contributed by atoms with van der Waals surface area (Å²) in [5.74, 6) is -0.690. The van der Waals surface area contributed by atoms with Gasteiger partial charge < -0.3 is 30.1 Å². The summed E-state index contributed by atoms with van der Waals surface area (Å²) in [7, 11) is -0.872. The normalized spacial score (nSPS) is 22.0. The quantitative estimate of drug-likeness (QED) is 0.137. The van der Waals surface area contributed by atoms with Gasteiger partial charge in [0.2, 0.25) is 5.78 Å². The molecule has 5 atom stereocenters. The van der Waals surface area contributed by atoms with Crippen LogP contribution in [0.5, 0.6) is 0 Å². The minimum atomic E-state index is -0.872. The zero-order valence-corrected chi connectivity index (χ0v) is 26.8. The van der Waals surface area contributed by atoms with Crippen LogP contribution >= 0.6 is 22.9 Å². The van der Waals surface area contributed by atoms with E-state index in [4.69, 9.17) is 21.1 Å². The number of carbonyl (C=O) groups is 2. The Balaban J connectivity index is 1.32. The number of anilines is 1. The van der Waals surface area contributed by atoms with Gasteiger partial charge >= 0.3 is 13.0 Å². The molecule has 10 nitrogen and oxygen atoms in total. The van der Waals surface area contributed by atoms with Crippen molar-refractivity contribution in [1.82, 2.24) is 15.2 Å². The molecule has 0 radical (unpaired) electrons. The average molecular weight is 641 g/mol. The van der Waals surface area contributed by atoms with Gasteiger partial charge in [-0.25, -0.2) is 9.97 Å². The molecule has 0 unspecified atom stereocenters. The number of fused-ring (bicyclic) bond motifs is 1. The molecule has 44 heavy (non-hydrogen) atoms. The van der Waals surface area contributed by atoms with Gasteiger partial charge in [-0.3, -0.25) is 9.59 Å². The van der Waals surface area contributed by atoms with Crippen molar-refractivity contribution in [2.24, 2.45) is 11.8 Å². The van der Waals surface area contributed by atoms with Gasteiger partial charge in [0.1, 0.15) is 30.4 Å². The first-order chi connectivity index (χ1) is 21.0. The molecule has 4 N–H and O–H groups in total. The van der Waals surface area contributed by atoms with Gasteiger partial charge in [0.15, 0.2) is 0 Å². The summed E-state index contributed by atoms with van der Waals surface area (Å²) >= 11 is 7.71. The Hall–Kier alpha value is -2.87. The van der Waals surface area contributed by atoms with E-state index < -0.39 is 25.2 Å². The summed E-state index contributed by atoms with van der Waals surface area (Å²) in [6, 6.07) is 6.86. The van der Waals surface area contributed by atoms with Crippen LogP contribution < -0.4 is 10.5 Å². The number of benzene rings is 1. The highest BCUT2D eigenvalue weighted by atomic mass is 35.5. The third-order valence-electron chi connectivity index (χ3n) is 8.28. The van der Waals surface area contributed by atoms with E-state index in [0.29, 0.717) is 40.7 Å². The smallest absolute Gasteiger partial charge is 0.374 e. The van der Waals surface area contributed by atoms with Crippen molar-refractivity contribution >= 4 is 47.6 Å². The predicted octanol–water partition coefficient (Wildman–Crippen LogP) is 4.21. The van der Waals surface area contributed by atoms with E-state index in [-0.39, 0.29) is 36.4 Å². The third-order valence-corrected chi connectivity index (χ3v) is 9.58. The van der Waals surface area contributed by atoms with Crippen molar-refractivity contribution in [2.45, 2.75) is 71.1 Å². The number of aliphatic hydroxyl groups excluding tert-OH is 1. The number of ketones is 1. The highest BCUT2D eigenvalue weighted by Crippen LogP contribution is 2.39. The van der Waals surface area contributed by atoms with Gasteiger partial charge in [0, 0.05) is 41.1 Å². The molecule has 13 heteroatoms. The first kappa shape index (κ1) is 32.5. The second-order valence-corrected chi connectivity index (χ2v) is 13.6. The van der Waals surface area contributed by atoms with E-state index >= 15 is 0 Å². The fraction of sp³-hybridized carbons (Fsp3) is 0.484. The maximum Gasteiger partial charge on any atom is 0.374 e. The van der Waals surface area contributed by atoms with Crippen LogP contribution in [0.2, 0.25) is 11.8 Å². The highest BCUT2D eigenvalue weighted by molar-refractivity contribution is 7.14. The van der Waals surface area contributed by atoms with Crippen LogP contribution in [0.15, 0.2) is 36.8 Å². The molecule has 0 amide bonds. The minimum Gasteiger partial charge on any atom is -0.461 e. The molecule has 0 saturated heterocycles. The number of ether oxygens (including phenoxy) is 2. The molecule has 1 saturated carbocycles. The molecule has 2 aromatic heterocycles. The van der Waals surface area contributed by atoms with Crippen LogP contribution in [0, 0.1) is 18.8 Å². The Bertz CT molecular complexity index is 1500. The molecule has 1 aromatic carbocycles. The van der Waals surface area contributed by atoms with Crippen molar-refractivity contribution in [3.63, 3.8) is 0 Å². The molecule has 2 aliphatic rings. The summed E-state index contributed by atoms with van der Waals surface area (Å²) in [6.45, 7) is 7.69. The number of nitrogens with zero attached hydrogens (tertiary/aromatic N) is 2. The molecule has 1 fully saturated rings. The maximum absolute atomic E-state index is 13.8. The Morgan fingerprint density at radius 3 is 2.77 bits per heavy atom. The number of hydrogen-bond donors (Lipinski definition) is 4. The Morgan fingerprint density at radius 1 is 1.25 bits per heavy atom. The molecule has 3 heterocycles. The van der Waals surface area contributed by atoms with Gasteiger partial charge in [-0.15, -0.1) is 11.3 Å². The number of hydrogen-bond acceptors (Lipinski definition) is 11. The molecular weight excluding hydrogens is 603 g/mol. The Kier molecular flexibility index (Phi) is 10.4. The zero-order valence-electron chi connectivity index (χ0n) is 25.2. The summed E-state index contributed by atoms with van der Waals surface area (Å²) in [4.78, 5) is 36.8. The number of carbonyl (C=O) groups excluding carboxylic acids is 2. The van der Waals surface area contributed by atoms with Crippen LogP contribution in [0.1, 0.15) is 69.6 Å². The summed E-state index contributed by atoms with van der Waals surface area (Å²) in [5.41, 5.74) is 3.47. The molecule has 5 rings (SSSR count). The van der Waals surface area contributed by atoms with Gasteiger partial charge in [-0.2, -0.15) is 0 Å². The number of esters is 1. The lowest BCUT2D eigenvalue weighted by Gasteiger charge is -2.26. The first-order valence-electron chi connectivity index (χ1n) is 14.9. The SMILES string of the molecule is CB(O)N[C@H](C(=O)O[C@H]1C[C@H](Nc2ncncc2C(=O)c2cc([C@@H]3OCCc4ccc(Cl)cc43)c(C)s2)C[C@@H]1CO)C(C)C. The van der Waals surface area contributed by atoms with Gasteiger partial charge in [-0.1, -0.05) is 31.5 Å². The van der Waals surface area contributed by atoms with E-state index in [0.717, 1.165) is 22.4 Å². The predicted molar refractivity (Wildman–Crippen MR) is 170 cm³/mol. The number of nitrogens with one attached hydrogen (secondary N) is 2. The number of rotatable bonds is 11. The molecule has 0 spiro atoms. The van der Waals surface area contributed by atoms with E-state index in [1.54, 1.807) is 6.82 Å². The fourth-order valence-electron chi connectivity index (χ4n) is 6.03. The van der Waals surface area contributed by atoms with Gasteiger partial charge in [0.05, 0.1) is 17.0 Å². The lowest BCUT2D eigenvalue weighted by Crippen LogP contribution is -2.49. The summed E-state index contributed by atoms with van der Waals surface area (Å²) in [5, 5.41) is 26.6. The van der Waals surface area contributed by atoms with Crippen LogP contribution in [0.4, 0.5) is 5.82 Å². The van der Waals surface area contributed by atoms with Crippen molar-refractivity contribution in [3.8, 4) is 0 Å². The second-order valence-electron chi connectivity index (χ2n) is 11.9. The van der Waals surface area contributed by atoms with E-state index in [1.807, 2.05) is 45.0 Å². The van der Waals surface area contributed by atoms with Gasteiger partial charge in [-0.05, 0) is 67.4 Å². The van der Waals surface area contributed by atoms with E-state index in [9.17, 15) is 19.7 Å². The zero-order chi connectivity index (χ0) is 31.5. The van der Waals surface area contributed by atoms with Crippen molar-refractivity contribution < 1.29 is 29.2 Å². The Morgan fingerprint density at radius 2 is 2.05 bits per heavy atom. The Labute approximate surface area is 266 Å². The molecule has 3 aromatic rings. The summed E-state index contributed by atoms with van der Waals surface area (Å²) < 4.78 is 12.0. The van der Waals surface area contributed by atoms with Crippen molar-refractivity contribution in [2.75, 3.05) is 18.5 Å². The average Bonchev–Trinajstić information content (AvgIpc) is 3.57. The van der Waals surface area contributed by atoms with Crippen molar-refractivity contribution in [3.05, 3.63) is 73.8 Å².